The Balaban J connectivity index is 1.46. The average molecular weight is 353 g/mol. The third kappa shape index (κ3) is 3.46. The third-order valence-corrected chi connectivity index (χ3v) is 6.96. The maximum Gasteiger partial charge on any atom is 0.248 e. The van der Waals surface area contributed by atoms with E-state index in [0.717, 1.165) is 28.5 Å². The summed E-state index contributed by atoms with van der Waals surface area (Å²) in [6.45, 7) is 0. The molecule has 0 saturated carbocycles. The van der Waals surface area contributed by atoms with E-state index >= 15 is 0 Å². The molecule has 130 valence electrons. The number of amides is 1. The molecule has 0 aromatic heterocycles. The fraction of sp³-hybridized carbons (Fsp3) is 0.381. The quantitative estimate of drug-likeness (QED) is 0.898. The number of fused-ring (bicyclic) bond motifs is 2. The molecule has 2 atom stereocenters. The number of piperidine rings is 1. The van der Waals surface area contributed by atoms with E-state index in [1.54, 1.807) is 6.07 Å². The van der Waals surface area contributed by atoms with E-state index in [1.165, 1.54) is 30.6 Å². The van der Waals surface area contributed by atoms with Crippen LogP contribution in [-0.4, -0.2) is 35.2 Å². The molecule has 4 rings (SSSR count). The van der Waals surface area contributed by atoms with Crippen molar-refractivity contribution in [1.82, 2.24) is 4.90 Å². The second kappa shape index (κ2) is 6.85. The summed E-state index contributed by atoms with van der Waals surface area (Å²) in [5.74, 6) is -0.383. The summed E-state index contributed by atoms with van der Waals surface area (Å²) in [6, 6.07) is 17.8. The van der Waals surface area contributed by atoms with Crippen LogP contribution in [0, 0.1) is 0 Å². The number of rotatable bonds is 4. The lowest BCUT2D eigenvalue weighted by molar-refractivity contribution is 0.100. The fourth-order valence-electron chi connectivity index (χ4n) is 4.23. The summed E-state index contributed by atoms with van der Waals surface area (Å²) >= 11 is 2.03. The summed E-state index contributed by atoms with van der Waals surface area (Å²) in [5, 5.41) is 0.734. The largest absolute Gasteiger partial charge is 0.366 e. The highest BCUT2D eigenvalue weighted by Crippen LogP contribution is 2.41. The van der Waals surface area contributed by atoms with Crippen LogP contribution in [0.25, 0.3) is 11.1 Å². The van der Waals surface area contributed by atoms with Gasteiger partial charge in [-0.1, -0.05) is 24.3 Å². The van der Waals surface area contributed by atoms with Gasteiger partial charge < -0.3 is 10.6 Å². The summed E-state index contributed by atoms with van der Waals surface area (Å²) in [4.78, 5) is 15.3. The van der Waals surface area contributed by atoms with Crippen LogP contribution in [-0.2, 0) is 0 Å². The number of benzene rings is 2. The molecule has 0 aliphatic carbocycles. The van der Waals surface area contributed by atoms with Crippen LogP contribution in [0.5, 0.6) is 0 Å². The van der Waals surface area contributed by atoms with Crippen molar-refractivity contribution in [2.75, 3.05) is 7.05 Å². The minimum Gasteiger partial charge on any atom is -0.366 e. The number of nitrogens with two attached hydrogens (primary N) is 1. The Kier molecular flexibility index (Phi) is 4.57. The monoisotopic (exact) mass is 352 g/mol. The van der Waals surface area contributed by atoms with Crippen molar-refractivity contribution in [3.63, 3.8) is 0 Å². The summed E-state index contributed by atoms with van der Waals surface area (Å²) in [6.07, 6.45) is 5.35. The van der Waals surface area contributed by atoms with Crippen molar-refractivity contribution < 1.29 is 4.79 Å². The number of nitrogens with zero attached hydrogens (tertiary/aromatic N) is 1. The normalized spacial score (nSPS) is 25.9. The topological polar surface area (TPSA) is 46.3 Å². The Labute approximate surface area is 153 Å². The Morgan fingerprint density at radius 2 is 1.72 bits per heavy atom. The molecule has 2 N–H and O–H groups in total. The first kappa shape index (κ1) is 16.7. The van der Waals surface area contributed by atoms with Gasteiger partial charge in [0.15, 0.2) is 0 Å². The van der Waals surface area contributed by atoms with Gasteiger partial charge in [-0.25, -0.2) is 0 Å². The standard InChI is InChI=1S/C21H24N2OS/c1-23-17-7-8-18(23)13-20(12-17)25-19-9-5-14(6-10-19)15-3-2-4-16(11-15)21(22)24/h2-6,9-11,17-18,20H,7-8,12-13H2,1H3,(H2,22,24). The Morgan fingerprint density at radius 3 is 2.36 bits per heavy atom. The van der Waals surface area contributed by atoms with E-state index < -0.39 is 0 Å². The number of hydrogen-bond donors (Lipinski definition) is 1. The van der Waals surface area contributed by atoms with Crippen molar-refractivity contribution in [1.29, 1.82) is 0 Å². The van der Waals surface area contributed by atoms with Crippen molar-refractivity contribution in [3.8, 4) is 11.1 Å². The number of hydrogen-bond acceptors (Lipinski definition) is 3. The van der Waals surface area contributed by atoms with Crippen LogP contribution in [0.15, 0.2) is 53.4 Å². The number of primary amides is 1. The zero-order valence-electron chi connectivity index (χ0n) is 14.5. The number of carbonyl (C=O) groups is 1. The lowest BCUT2D eigenvalue weighted by Crippen LogP contribution is -2.40. The lowest BCUT2D eigenvalue weighted by Gasteiger charge is -2.36. The van der Waals surface area contributed by atoms with Gasteiger partial charge in [0, 0.05) is 27.8 Å². The summed E-state index contributed by atoms with van der Waals surface area (Å²) < 4.78 is 0. The fourth-order valence-corrected chi connectivity index (χ4v) is 5.54. The van der Waals surface area contributed by atoms with Gasteiger partial charge in [0.25, 0.3) is 0 Å². The second-order valence-electron chi connectivity index (χ2n) is 7.23. The van der Waals surface area contributed by atoms with Crippen molar-refractivity contribution >= 4 is 17.7 Å². The smallest absolute Gasteiger partial charge is 0.248 e. The van der Waals surface area contributed by atoms with Crippen LogP contribution in [0.1, 0.15) is 36.0 Å². The van der Waals surface area contributed by atoms with Gasteiger partial charge in [-0.2, -0.15) is 0 Å². The van der Waals surface area contributed by atoms with E-state index in [1.807, 2.05) is 30.0 Å². The molecule has 2 heterocycles. The van der Waals surface area contributed by atoms with E-state index in [4.69, 9.17) is 5.73 Å². The van der Waals surface area contributed by atoms with Crippen molar-refractivity contribution in [2.45, 2.75) is 47.9 Å². The highest BCUT2D eigenvalue weighted by atomic mass is 32.2. The lowest BCUT2D eigenvalue weighted by atomic mass is 10.0. The molecule has 2 aliphatic rings. The van der Waals surface area contributed by atoms with Crippen LogP contribution in [0.2, 0.25) is 0 Å². The first-order chi connectivity index (χ1) is 12.1. The molecule has 0 spiro atoms. The number of thioether (sulfide) groups is 1. The zero-order valence-corrected chi connectivity index (χ0v) is 15.3. The summed E-state index contributed by atoms with van der Waals surface area (Å²) in [5.41, 5.74) is 8.09. The van der Waals surface area contributed by atoms with Gasteiger partial charge >= 0.3 is 0 Å². The predicted molar refractivity (Wildman–Crippen MR) is 104 cm³/mol. The van der Waals surface area contributed by atoms with Crippen molar-refractivity contribution in [2.24, 2.45) is 5.73 Å². The Bertz CT molecular complexity index is 760. The third-order valence-electron chi connectivity index (χ3n) is 5.69. The number of carbonyl (C=O) groups excluding carboxylic acids is 1. The van der Waals surface area contributed by atoms with E-state index in [2.05, 4.69) is 36.2 Å². The van der Waals surface area contributed by atoms with Gasteiger partial charge in [-0.3, -0.25) is 4.79 Å². The zero-order chi connectivity index (χ0) is 17.4. The molecule has 4 heteroatoms. The molecule has 2 aromatic rings. The van der Waals surface area contributed by atoms with Crippen LogP contribution < -0.4 is 5.73 Å². The van der Waals surface area contributed by atoms with Gasteiger partial charge in [0.2, 0.25) is 5.91 Å². The van der Waals surface area contributed by atoms with Crippen LogP contribution in [0.3, 0.4) is 0 Å². The SMILES string of the molecule is CN1C2CCC1CC(Sc1ccc(-c3cccc(C(N)=O)c3)cc1)C2. The average Bonchev–Trinajstić information content (AvgIpc) is 2.83. The Morgan fingerprint density at radius 1 is 1.04 bits per heavy atom. The minimum absolute atomic E-state index is 0.383. The minimum atomic E-state index is -0.383. The molecule has 2 fully saturated rings. The molecule has 2 aliphatic heterocycles. The van der Waals surface area contributed by atoms with E-state index in [9.17, 15) is 4.79 Å². The Hall–Kier alpha value is -1.78. The molecular weight excluding hydrogens is 328 g/mol. The first-order valence-corrected chi connectivity index (χ1v) is 9.87. The second-order valence-corrected chi connectivity index (χ2v) is 8.60. The molecule has 1 amide bonds. The molecule has 3 nitrogen and oxygen atoms in total. The van der Waals surface area contributed by atoms with Crippen LogP contribution in [0.4, 0.5) is 0 Å². The van der Waals surface area contributed by atoms with Crippen LogP contribution >= 0.6 is 11.8 Å². The van der Waals surface area contributed by atoms with Gasteiger partial charge in [0.05, 0.1) is 0 Å². The molecule has 2 bridgehead atoms. The molecule has 2 unspecified atom stereocenters. The van der Waals surface area contributed by atoms with Gasteiger partial charge in [0.1, 0.15) is 0 Å². The van der Waals surface area contributed by atoms with Gasteiger partial charge in [-0.05, 0) is 68.1 Å². The molecule has 0 radical (unpaired) electrons. The van der Waals surface area contributed by atoms with Gasteiger partial charge in [-0.15, -0.1) is 11.8 Å². The van der Waals surface area contributed by atoms with E-state index in [-0.39, 0.29) is 5.91 Å². The van der Waals surface area contributed by atoms with E-state index in [0.29, 0.717) is 5.56 Å². The first-order valence-electron chi connectivity index (χ1n) is 8.99. The molecule has 2 saturated heterocycles. The molecule has 25 heavy (non-hydrogen) atoms. The maximum absolute atomic E-state index is 11.4. The predicted octanol–water partition coefficient (Wildman–Crippen LogP) is 4.17. The van der Waals surface area contributed by atoms with Crippen molar-refractivity contribution in [3.05, 3.63) is 54.1 Å². The summed E-state index contributed by atoms with van der Waals surface area (Å²) in [7, 11) is 2.29. The molecule has 2 aromatic carbocycles. The highest BCUT2D eigenvalue weighted by molar-refractivity contribution is 8.00. The highest BCUT2D eigenvalue weighted by Gasteiger charge is 2.38. The maximum atomic E-state index is 11.4. The molecular formula is C21H24N2OS.